The van der Waals surface area contributed by atoms with Crippen LogP contribution in [0.2, 0.25) is 0 Å². The van der Waals surface area contributed by atoms with Gasteiger partial charge in [-0.3, -0.25) is 14.6 Å². The Morgan fingerprint density at radius 3 is 2.57 bits per heavy atom. The zero-order valence-electron chi connectivity index (χ0n) is 26.3. The van der Waals surface area contributed by atoms with Gasteiger partial charge in [0, 0.05) is 23.1 Å². The van der Waals surface area contributed by atoms with E-state index in [9.17, 15) is 4.79 Å². The first-order valence-corrected chi connectivity index (χ1v) is 16.9. The number of likely N-dealkylation sites (tertiary alicyclic amines) is 1. The fourth-order valence-electron chi connectivity index (χ4n) is 9.26. The third kappa shape index (κ3) is 5.52. The summed E-state index contributed by atoms with van der Waals surface area (Å²) in [5.41, 5.74) is 4.40. The number of benzene rings is 2. The van der Waals surface area contributed by atoms with Crippen molar-refractivity contribution in [2.24, 2.45) is 5.92 Å². The summed E-state index contributed by atoms with van der Waals surface area (Å²) in [7, 11) is 1.78. The Hall–Kier alpha value is -2.37. The molecule has 2 aromatic rings. The number of Topliss-reactive ketones (excluding diaryl/α,β-unsaturated/α-hetero) is 1. The van der Waals surface area contributed by atoms with Crippen molar-refractivity contribution in [3.05, 3.63) is 59.2 Å². The highest BCUT2D eigenvalue weighted by Crippen LogP contribution is 2.64. The molecule has 5 atom stereocenters. The van der Waals surface area contributed by atoms with Gasteiger partial charge in [0.15, 0.2) is 11.5 Å². The quantitative estimate of drug-likeness (QED) is 0.215. The molecule has 1 saturated carbocycles. The van der Waals surface area contributed by atoms with Crippen molar-refractivity contribution in [3.8, 4) is 11.5 Å². The number of hydrogen-bond acceptors (Lipinski definition) is 5. The van der Waals surface area contributed by atoms with Crippen LogP contribution < -0.4 is 9.47 Å². The van der Waals surface area contributed by atoms with Crippen molar-refractivity contribution in [1.82, 2.24) is 9.80 Å². The Morgan fingerprint density at radius 1 is 1.02 bits per heavy atom. The molecule has 0 aromatic heterocycles. The Balaban J connectivity index is 1.21. The predicted octanol–water partition coefficient (Wildman–Crippen LogP) is 6.99. The van der Waals surface area contributed by atoms with Gasteiger partial charge >= 0.3 is 0 Å². The molecule has 2 fully saturated rings. The summed E-state index contributed by atoms with van der Waals surface area (Å²) in [5, 5.41) is 0. The average Bonchev–Trinajstić information content (AvgIpc) is 3.35. The van der Waals surface area contributed by atoms with Crippen molar-refractivity contribution < 1.29 is 14.3 Å². The van der Waals surface area contributed by atoms with Crippen LogP contribution in [-0.4, -0.2) is 67.1 Å². The zero-order valence-corrected chi connectivity index (χ0v) is 26.3. The number of carbonyl (C=O) groups is 1. The topological polar surface area (TPSA) is 42.0 Å². The molecule has 0 unspecified atom stereocenters. The molecule has 0 radical (unpaired) electrons. The number of aryl methyl sites for hydroxylation is 1. The number of unbranched alkanes of at least 4 members (excludes halogenated alkanes) is 5. The third-order valence-corrected chi connectivity index (χ3v) is 11.1. The van der Waals surface area contributed by atoms with E-state index in [1.165, 1.54) is 94.0 Å². The molecule has 6 rings (SSSR count). The van der Waals surface area contributed by atoms with Gasteiger partial charge in [-0.15, -0.1) is 0 Å². The van der Waals surface area contributed by atoms with Crippen LogP contribution in [0.5, 0.6) is 11.5 Å². The first-order valence-electron chi connectivity index (χ1n) is 16.9. The maximum Gasteiger partial charge on any atom is 0.165 e. The van der Waals surface area contributed by atoms with E-state index < -0.39 is 0 Å². The number of nitrogens with zero attached hydrogens (tertiary/aromatic N) is 2. The van der Waals surface area contributed by atoms with Crippen LogP contribution in [0.1, 0.15) is 94.7 Å². The standard InChI is InChI=1S/C37H52N2O3/c1-4-5-12-22-38(23-13-7-6-9-14-28-15-10-8-11-16-28)31-19-18-30-32-25-29-17-20-33(41-3)35-34(29)37(30,36(31)42-35)21-24-39(32)26-27(2)40/h8,10-11,15-17,20,30-32,36H,4-7,9,12-14,18-19,21-26H2,1-3H3/t30-,31+,32+,36-,37-/m0/s1. The van der Waals surface area contributed by atoms with Crippen LogP contribution in [0.15, 0.2) is 42.5 Å². The molecule has 1 spiro atoms. The zero-order chi connectivity index (χ0) is 29.1. The number of rotatable bonds is 15. The van der Waals surface area contributed by atoms with Gasteiger partial charge < -0.3 is 9.47 Å². The molecule has 5 heteroatoms. The van der Waals surface area contributed by atoms with Gasteiger partial charge in [0.1, 0.15) is 11.9 Å². The molecule has 1 saturated heterocycles. The van der Waals surface area contributed by atoms with E-state index >= 15 is 0 Å². The van der Waals surface area contributed by atoms with E-state index in [-0.39, 0.29) is 17.3 Å². The maximum absolute atomic E-state index is 12.3. The minimum absolute atomic E-state index is 0.0387. The lowest BCUT2D eigenvalue weighted by Gasteiger charge is -2.60. The van der Waals surface area contributed by atoms with E-state index in [2.05, 4.69) is 59.2 Å². The highest BCUT2D eigenvalue weighted by molar-refractivity contribution is 5.77. The highest BCUT2D eigenvalue weighted by atomic mass is 16.5. The summed E-state index contributed by atoms with van der Waals surface area (Å²) in [5.74, 6) is 2.76. The minimum atomic E-state index is 0.0387. The van der Waals surface area contributed by atoms with Gasteiger partial charge in [-0.2, -0.15) is 0 Å². The monoisotopic (exact) mass is 572 g/mol. The summed E-state index contributed by atoms with van der Waals surface area (Å²) in [4.78, 5) is 17.6. The SMILES string of the molecule is CCCCCN(CCCCCCc1ccccc1)[C@@H]1CC[C@H]2[C@H]3Cc4ccc(OC)c5c4[C@@]2(CCN3CC(C)=O)[C@H]1O5. The molecule has 0 N–H and O–H groups in total. The van der Waals surface area contributed by atoms with Crippen molar-refractivity contribution in [1.29, 1.82) is 0 Å². The first kappa shape index (κ1) is 29.7. The number of piperidine rings is 1. The van der Waals surface area contributed by atoms with E-state index in [1.54, 1.807) is 14.0 Å². The molecule has 2 aliphatic heterocycles. The second-order valence-corrected chi connectivity index (χ2v) is 13.5. The number of ketones is 1. The number of ether oxygens (including phenoxy) is 2. The van der Waals surface area contributed by atoms with Crippen LogP contribution in [0.3, 0.4) is 0 Å². The van der Waals surface area contributed by atoms with E-state index in [0.717, 1.165) is 30.9 Å². The fraction of sp³-hybridized carbons (Fsp3) is 0.649. The van der Waals surface area contributed by atoms with Gasteiger partial charge in [-0.25, -0.2) is 0 Å². The number of carbonyl (C=O) groups excluding carboxylic acids is 1. The van der Waals surface area contributed by atoms with Crippen LogP contribution >= 0.6 is 0 Å². The molecule has 2 heterocycles. The predicted molar refractivity (Wildman–Crippen MR) is 170 cm³/mol. The van der Waals surface area contributed by atoms with Crippen molar-refractivity contribution in [3.63, 3.8) is 0 Å². The molecule has 2 aromatic carbocycles. The van der Waals surface area contributed by atoms with E-state index in [4.69, 9.17) is 9.47 Å². The number of methoxy groups -OCH3 is 1. The van der Waals surface area contributed by atoms with Gasteiger partial charge in [0.2, 0.25) is 0 Å². The lowest BCUT2D eigenvalue weighted by Crippen LogP contribution is -2.69. The highest BCUT2D eigenvalue weighted by Gasteiger charge is 2.66. The van der Waals surface area contributed by atoms with E-state index in [1.807, 2.05) is 0 Å². The molecule has 0 amide bonds. The third-order valence-electron chi connectivity index (χ3n) is 11.1. The Kier molecular flexibility index (Phi) is 9.26. The number of hydrogen-bond donors (Lipinski definition) is 0. The smallest absolute Gasteiger partial charge is 0.165 e. The molecule has 2 aliphatic carbocycles. The average molecular weight is 573 g/mol. The Bertz CT molecular complexity index is 1210. The summed E-state index contributed by atoms with van der Waals surface area (Å²) in [6.07, 6.45) is 14.8. The second kappa shape index (κ2) is 13.1. The summed E-state index contributed by atoms with van der Waals surface area (Å²) >= 11 is 0. The van der Waals surface area contributed by atoms with E-state index in [0.29, 0.717) is 24.5 Å². The molecule has 42 heavy (non-hydrogen) atoms. The fourth-order valence-corrected chi connectivity index (χ4v) is 9.26. The second-order valence-electron chi connectivity index (χ2n) is 13.5. The summed E-state index contributed by atoms with van der Waals surface area (Å²) in [6, 6.07) is 16.2. The molecular weight excluding hydrogens is 520 g/mol. The molecule has 5 nitrogen and oxygen atoms in total. The molecule has 2 bridgehead atoms. The van der Waals surface area contributed by atoms with Crippen LogP contribution in [0, 0.1) is 5.92 Å². The Labute approximate surface area is 253 Å². The lowest BCUT2D eigenvalue weighted by molar-refractivity contribution is -0.123. The van der Waals surface area contributed by atoms with Crippen LogP contribution in [0.4, 0.5) is 0 Å². The first-order chi connectivity index (χ1) is 20.6. The molecule has 228 valence electrons. The van der Waals surface area contributed by atoms with Crippen molar-refractivity contribution in [2.45, 2.75) is 114 Å². The van der Waals surface area contributed by atoms with Gasteiger partial charge in [-0.05, 0) is 101 Å². The lowest BCUT2D eigenvalue weighted by atomic mass is 9.51. The van der Waals surface area contributed by atoms with Gasteiger partial charge in [0.05, 0.1) is 13.7 Å². The summed E-state index contributed by atoms with van der Waals surface area (Å²) in [6.45, 7) is 7.96. The largest absolute Gasteiger partial charge is 0.493 e. The van der Waals surface area contributed by atoms with Crippen LogP contribution in [-0.2, 0) is 23.1 Å². The van der Waals surface area contributed by atoms with Crippen LogP contribution in [0.25, 0.3) is 0 Å². The van der Waals surface area contributed by atoms with Crippen molar-refractivity contribution >= 4 is 5.78 Å². The van der Waals surface area contributed by atoms with Crippen molar-refractivity contribution in [2.75, 3.05) is 33.3 Å². The molecule has 4 aliphatic rings. The molecular formula is C37H52N2O3. The maximum atomic E-state index is 12.3. The minimum Gasteiger partial charge on any atom is -0.493 e. The normalized spacial score (nSPS) is 27.5. The van der Waals surface area contributed by atoms with Gasteiger partial charge in [-0.1, -0.05) is 69.0 Å². The Morgan fingerprint density at radius 2 is 1.81 bits per heavy atom. The van der Waals surface area contributed by atoms with Gasteiger partial charge in [0.25, 0.3) is 0 Å². The summed E-state index contributed by atoms with van der Waals surface area (Å²) < 4.78 is 13.1.